The van der Waals surface area contributed by atoms with Crippen molar-refractivity contribution in [1.82, 2.24) is 9.97 Å². The number of anilines is 1. The number of carboxylic acids is 1. The van der Waals surface area contributed by atoms with Crippen molar-refractivity contribution in [2.45, 2.75) is 25.2 Å². The zero-order valence-electron chi connectivity index (χ0n) is 21.4. The number of carboxylic acid groups (broad SMARTS) is 1. The number of nitro benzene ring substituents is 1. The molecule has 1 heterocycles. The van der Waals surface area contributed by atoms with Gasteiger partial charge in [-0.2, -0.15) is 4.98 Å². The molecule has 0 aliphatic carbocycles. The van der Waals surface area contributed by atoms with Crippen LogP contribution in [-0.4, -0.2) is 34.4 Å². The van der Waals surface area contributed by atoms with Gasteiger partial charge in [0.15, 0.2) is 0 Å². The van der Waals surface area contributed by atoms with E-state index in [9.17, 15) is 23.3 Å². The van der Waals surface area contributed by atoms with E-state index in [-0.39, 0.29) is 22.4 Å². The normalized spacial score (nSPS) is 11.3. The number of rotatable bonds is 10. The van der Waals surface area contributed by atoms with Crippen LogP contribution in [0.25, 0.3) is 11.3 Å². The number of nitrogens with one attached hydrogen (secondary N) is 1. The van der Waals surface area contributed by atoms with E-state index >= 15 is 0 Å². The quantitative estimate of drug-likeness (QED) is 0.146. The molecule has 11 nitrogen and oxygen atoms in total. The standard InChI is InChI=1S/C28H24N4O7S/c1-18-7-3-8-19(2)27(18)24-17-25(39-22-12-4-9-20(15-22)10-5-14-26(33)34)30-28(29-24)31-40(37,38)23-13-6-11-21(16-23)32(35)36/h3-9,11-17H,10H2,1-2H3,(H,33,34)(H,29,30,31)/b14-5+. The highest BCUT2D eigenvalue weighted by atomic mass is 32.2. The highest BCUT2D eigenvalue weighted by Gasteiger charge is 2.21. The average Bonchev–Trinajstić information content (AvgIpc) is 2.88. The fraction of sp³-hybridized carbons (Fsp3) is 0.107. The lowest BCUT2D eigenvalue weighted by Crippen LogP contribution is -2.16. The molecule has 0 saturated heterocycles. The number of hydrogen-bond donors (Lipinski definition) is 2. The maximum atomic E-state index is 13.1. The van der Waals surface area contributed by atoms with Crippen molar-refractivity contribution < 1.29 is 28.0 Å². The molecule has 3 aromatic carbocycles. The van der Waals surface area contributed by atoms with Crippen LogP contribution in [-0.2, 0) is 21.2 Å². The molecule has 0 unspecified atom stereocenters. The Balaban J connectivity index is 1.74. The van der Waals surface area contributed by atoms with Gasteiger partial charge >= 0.3 is 5.97 Å². The van der Waals surface area contributed by atoms with Crippen molar-refractivity contribution in [2.24, 2.45) is 0 Å². The topological polar surface area (TPSA) is 162 Å². The minimum atomic E-state index is -4.29. The van der Waals surface area contributed by atoms with Crippen LogP contribution in [0.3, 0.4) is 0 Å². The molecule has 0 saturated carbocycles. The Hall–Kier alpha value is -5.10. The summed E-state index contributed by atoms with van der Waals surface area (Å²) >= 11 is 0. The van der Waals surface area contributed by atoms with E-state index in [1.807, 2.05) is 32.0 Å². The number of carbonyl (C=O) groups is 1. The number of ether oxygens (including phenoxy) is 1. The third-order valence-corrected chi connectivity index (χ3v) is 7.06. The van der Waals surface area contributed by atoms with Gasteiger partial charge in [0.05, 0.1) is 15.5 Å². The Morgan fingerprint density at radius 3 is 2.42 bits per heavy atom. The Kier molecular flexibility index (Phi) is 8.20. The summed E-state index contributed by atoms with van der Waals surface area (Å²) in [6.07, 6.45) is 2.91. The van der Waals surface area contributed by atoms with Gasteiger partial charge in [0, 0.05) is 29.8 Å². The average molecular weight is 561 g/mol. The van der Waals surface area contributed by atoms with Crippen molar-refractivity contribution in [1.29, 1.82) is 0 Å². The van der Waals surface area contributed by atoms with Gasteiger partial charge in [-0.3, -0.25) is 10.1 Å². The number of hydrogen-bond acceptors (Lipinski definition) is 8. The van der Waals surface area contributed by atoms with Gasteiger partial charge in [-0.1, -0.05) is 42.5 Å². The molecule has 0 atom stereocenters. The van der Waals surface area contributed by atoms with Gasteiger partial charge in [-0.05, 0) is 55.2 Å². The molecule has 4 aromatic rings. The zero-order chi connectivity index (χ0) is 28.9. The second-order valence-corrected chi connectivity index (χ2v) is 10.4. The van der Waals surface area contributed by atoms with Gasteiger partial charge in [-0.25, -0.2) is 22.9 Å². The number of sulfonamides is 1. The van der Waals surface area contributed by atoms with Gasteiger partial charge in [0.25, 0.3) is 15.7 Å². The highest BCUT2D eigenvalue weighted by Crippen LogP contribution is 2.31. The molecular formula is C28H24N4O7S. The molecule has 0 bridgehead atoms. The Morgan fingerprint density at radius 1 is 1.02 bits per heavy atom. The zero-order valence-corrected chi connectivity index (χ0v) is 22.3. The maximum absolute atomic E-state index is 13.1. The SMILES string of the molecule is Cc1cccc(C)c1-c1cc(Oc2cccc(C/C=C/C(=O)O)c2)nc(NS(=O)(=O)c2cccc([N+](=O)[O-])c2)n1. The highest BCUT2D eigenvalue weighted by molar-refractivity contribution is 7.92. The number of nitro groups is 1. The first-order chi connectivity index (χ1) is 19.0. The molecule has 0 spiro atoms. The summed E-state index contributed by atoms with van der Waals surface area (Å²) in [6.45, 7) is 3.79. The van der Waals surface area contributed by atoms with E-state index < -0.39 is 20.9 Å². The monoisotopic (exact) mass is 560 g/mol. The third kappa shape index (κ3) is 6.85. The van der Waals surface area contributed by atoms with E-state index in [2.05, 4.69) is 14.7 Å². The number of non-ortho nitro benzene ring substituents is 1. The first-order valence-electron chi connectivity index (χ1n) is 11.9. The predicted molar refractivity (Wildman–Crippen MR) is 148 cm³/mol. The van der Waals surface area contributed by atoms with E-state index in [0.717, 1.165) is 34.4 Å². The van der Waals surface area contributed by atoms with Crippen molar-refractivity contribution in [3.63, 3.8) is 0 Å². The first kappa shape index (κ1) is 27.9. The molecule has 0 fully saturated rings. The number of aryl methyl sites for hydroxylation is 2. The maximum Gasteiger partial charge on any atom is 0.327 e. The van der Waals surface area contributed by atoms with Crippen LogP contribution in [0, 0.1) is 24.0 Å². The van der Waals surface area contributed by atoms with Crippen LogP contribution >= 0.6 is 0 Å². The lowest BCUT2D eigenvalue weighted by molar-refractivity contribution is -0.385. The largest absolute Gasteiger partial charge is 0.478 e. The summed E-state index contributed by atoms with van der Waals surface area (Å²) in [6, 6.07) is 18.8. The summed E-state index contributed by atoms with van der Waals surface area (Å²) < 4.78 is 34.5. The van der Waals surface area contributed by atoms with Crippen LogP contribution in [0.15, 0.2) is 89.8 Å². The molecule has 4 rings (SSSR count). The lowest BCUT2D eigenvalue weighted by atomic mass is 10.00. The molecular weight excluding hydrogens is 536 g/mol. The summed E-state index contributed by atoms with van der Waals surface area (Å²) in [5.41, 5.74) is 3.35. The molecule has 2 N–H and O–H groups in total. The van der Waals surface area contributed by atoms with Crippen LogP contribution in [0.1, 0.15) is 16.7 Å². The number of aliphatic carboxylic acids is 1. The predicted octanol–water partition coefficient (Wildman–Crippen LogP) is 5.45. The second-order valence-electron chi connectivity index (χ2n) is 8.74. The van der Waals surface area contributed by atoms with E-state index in [4.69, 9.17) is 9.84 Å². The van der Waals surface area contributed by atoms with Crippen LogP contribution < -0.4 is 9.46 Å². The smallest absolute Gasteiger partial charge is 0.327 e. The van der Waals surface area contributed by atoms with E-state index in [1.54, 1.807) is 30.3 Å². The van der Waals surface area contributed by atoms with E-state index in [1.165, 1.54) is 24.3 Å². The molecule has 204 valence electrons. The molecule has 1 aromatic heterocycles. The minimum absolute atomic E-state index is 0.0441. The lowest BCUT2D eigenvalue weighted by Gasteiger charge is -2.14. The van der Waals surface area contributed by atoms with Crippen molar-refractivity contribution >= 4 is 27.6 Å². The van der Waals surface area contributed by atoms with Crippen molar-refractivity contribution in [3.8, 4) is 22.9 Å². The van der Waals surface area contributed by atoms with E-state index in [0.29, 0.717) is 17.9 Å². The fourth-order valence-corrected chi connectivity index (χ4v) is 4.95. The first-order valence-corrected chi connectivity index (χ1v) is 13.4. The summed E-state index contributed by atoms with van der Waals surface area (Å²) in [5.74, 6) is -0.905. The number of benzene rings is 3. The number of aromatic nitrogens is 2. The molecule has 0 amide bonds. The van der Waals surface area contributed by atoms with Crippen LogP contribution in [0.4, 0.5) is 11.6 Å². The Bertz CT molecular complexity index is 1720. The summed E-state index contributed by atoms with van der Waals surface area (Å²) in [7, 11) is -4.29. The molecule has 40 heavy (non-hydrogen) atoms. The molecule has 0 aliphatic heterocycles. The molecule has 0 radical (unpaired) electrons. The number of allylic oxidation sites excluding steroid dienone is 1. The Morgan fingerprint density at radius 2 is 1.73 bits per heavy atom. The molecule has 0 aliphatic rings. The fourth-order valence-electron chi connectivity index (χ4n) is 3.97. The number of nitrogens with zero attached hydrogens (tertiary/aromatic N) is 3. The summed E-state index contributed by atoms with van der Waals surface area (Å²) in [4.78, 5) is 29.6. The van der Waals surface area contributed by atoms with Gasteiger partial charge in [0.2, 0.25) is 11.8 Å². The van der Waals surface area contributed by atoms with Crippen LogP contribution in [0.5, 0.6) is 11.6 Å². The third-order valence-electron chi connectivity index (χ3n) is 5.74. The van der Waals surface area contributed by atoms with Gasteiger partial charge in [-0.15, -0.1) is 0 Å². The van der Waals surface area contributed by atoms with Crippen molar-refractivity contribution in [2.75, 3.05) is 4.72 Å². The minimum Gasteiger partial charge on any atom is -0.478 e. The van der Waals surface area contributed by atoms with Gasteiger partial charge < -0.3 is 9.84 Å². The van der Waals surface area contributed by atoms with Crippen LogP contribution in [0.2, 0.25) is 0 Å². The molecule has 12 heteroatoms. The van der Waals surface area contributed by atoms with Gasteiger partial charge in [0.1, 0.15) is 5.75 Å². The second kappa shape index (κ2) is 11.7. The summed E-state index contributed by atoms with van der Waals surface area (Å²) in [5, 5.41) is 20.0. The Labute approximate surface area is 230 Å². The van der Waals surface area contributed by atoms with Crippen molar-refractivity contribution in [3.05, 3.63) is 112 Å².